The number of fused-ring (bicyclic) bond motifs is 2. The number of urea groups is 1. The molecule has 0 bridgehead atoms. The average molecular weight is 562 g/mol. The molecule has 3 aromatic rings. The van der Waals surface area contributed by atoms with Crippen molar-refractivity contribution in [1.29, 1.82) is 0 Å². The Morgan fingerprint density at radius 1 is 1.23 bits per heavy atom. The van der Waals surface area contributed by atoms with Crippen LogP contribution in [0.3, 0.4) is 0 Å². The number of imide groups is 1. The Balaban J connectivity index is 1.31. The van der Waals surface area contributed by atoms with Crippen molar-refractivity contribution < 1.29 is 37.1 Å². The number of thiazole rings is 1. The van der Waals surface area contributed by atoms with E-state index in [1.165, 1.54) is 34.4 Å². The van der Waals surface area contributed by atoms with E-state index in [-0.39, 0.29) is 47.5 Å². The van der Waals surface area contributed by atoms with Crippen molar-refractivity contribution in [2.75, 3.05) is 5.32 Å². The van der Waals surface area contributed by atoms with E-state index in [1.54, 1.807) is 26.0 Å². The van der Waals surface area contributed by atoms with Crippen LogP contribution in [0.1, 0.15) is 47.6 Å². The van der Waals surface area contributed by atoms with Crippen molar-refractivity contribution in [1.82, 2.24) is 20.5 Å². The van der Waals surface area contributed by atoms with Gasteiger partial charge in [0.05, 0.1) is 22.5 Å². The summed E-state index contributed by atoms with van der Waals surface area (Å²) in [6.07, 6.45) is 0.202. The number of ether oxygens (including phenoxy) is 1. The SMILES string of the molecule is CC(C)(NC(=O)Nc1ccc2c(c1F)CN(C1CCC(=O)NC1=O)C2=O)c1nc2c(OC(F)F)cccc2s1. The van der Waals surface area contributed by atoms with Gasteiger partial charge in [0, 0.05) is 17.5 Å². The lowest BCUT2D eigenvalue weighted by molar-refractivity contribution is -0.136. The molecule has 1 fully saturated rings. The van der Waals surface area contributed by atoms with E-state index in [0.29, 0.717) is 9.71 Å². The van der Waals surface area contributed by atoms with Gasteiger partial charge in [-0.2, -0.15) is 8.78 Å². The number of amides is 5. The summed E-state index contributed by atoms with van der Waals surface area (Å²) in [7, 11) is 0. The zero-order chi connectivity index (χ0) is 28.1. The molecule has 14 heteroatoms. The molecule has 1 saturated heterocycles. The molecule has 2 aliphatic rings. The molecule has 0 spiro atoms. The summed E-state index contributed by atoms with van der Waals surface area (Å²) in [5, 5.41) is 7.72. The minimum absolute atomic E-state index is 0.0273. The molecule has 5 rings (SSSR count). The van der Waals surface area contributed by atoms with E-state index in [4.69, 9.17) is 0 Å². The maximum atomic E-state index is 15.4. The molecule has 2 aromatic carbocycles. The molecule has 39 heavy (non-hydrogen) atoms. The van der Waals surface area contributed by atoms with Crippen LogP contribution in [0.5, 0.6) is 5.75 Å². The molecule has 204 valence electrons. The van der Waals surface area contributed by atoms with Gasteiger partial charge in [-0.3, -0.25) is 19.7 Å². The van der Waals surface area contributed by atoms with Gasteiger partial charge in [-0.05, 0) is 44.5 Å². The summed E-state index contributed by atoms with van der Waals surface area (Å²) in [6, 6.07) is 5.55. The summed E-state index contributed by atoms with van der Waals surface area (Å²) in [5.41, 5.74) is -0.944. The van der Waals surface area contributed by atoms with Crippen molar-refractivity contribution in [3.63, 3.8) is 0 Å². The molecule has 0 aliphatic carbocycles. The van der Waals surface area contributed by atoms with Crippen LogP contribution in [0, 0.1) is 5.82 Å². The second kappa shape index (κ2) is 9.84. The van der Waals surface area contributed by atoms with E-state index >= 15 is 4.39 Å². The Bertz CT molecular complexity index is 1530. The number of alkyl halides is 2. The third-order valence-electron chi connectivity index (χ3n) is 6.46. The maximum Gasteiger partial charge on any atom is 0.387 e. The first-order valence-electron chi connectivity index (χ1n) is 11.8. The molecule has 3 N–H and O–H groups in total. The second-order valence-corrected chi connectivity index (χ2v) is 10.6. The predicted molar refractivity (Wildman–Crippen MR) is 134 cm³/mol. The Kier molecular flexibility index (Phi) is 6.66. The lowest BCUT2D eigenvalue weighted by atomic mass is 10.0. The summed E-state index contributed by atoms with van der Waals surface area (Å²) in [6.45, 7) is 0.0798. The number of benzene rings is 2. The highest BCUT2D eigenvalue weighted by molar-refractivity contribution is 7.18. The van der Waals surface area contributed by atoms with Crippen molar-refractivity contribution in [2.45, 2.75) is 51.4 Å². The largest absolute Gasteiger partial charge is 0.432 e. The van der Waals surface area contributed by atoms with Crippen molar-refractivity contribution in [3.8, 4) is 5.75 Å². The molecule has 0 saturated carbocycles. The number of hydrogen-bond acceptors (Lipinski definition) is 7. The van der Waals surface area contributed by atoms with E-state index in [2.05, 4.69) is 25.7 Å². The highest BCUT2D eigenvalue weighted by atomic mass is 32.1. The highest BCUT2D eigenvalue weighted by Gasteiger charge is 2.40. The van der Waals surface area contributed by atoms with Gasteiger partial charge >= 0.3 is 12.6 Å². The number of carbonyl (C=O) groups is 4. The van der Waals surface area contributed by atoms with Gasteiger partial charge in [-0.25, -0.2) is 14.2 Å². The first kappa shape index (κ1) is 26.4. The van der Waals surface area contributed by atoms with Gasteiger partial charge in [-0.1, -0.05) is 6.07 Å². The number of nitrogens with zero attached hydrogens (tertiary/aromatic N) is 2. The highest BCUT2D eigenvalue weighted by Crippen LogP contribution is 2.36. The number of carbonyl (C=O) groups excluding carboxylic acids is 4. The molecular weight excluding hydrogens is 539 g/mol. The fourth-order valence-electron chi connectivity index (χ4n) is 4.57. The molecule has 10 nitrogen and oxygen atoms in total. The van der Waals surface area contributed by atoms with Crippen LogP contribution < -0.4 is 20.7 Å². The summed E-state index contributed by atoms with van der Waals surface area (Å²) < 4.78 is 46.0. The van der Waals surface area contributed by atoms with Crippen LogP contribution in [-0.2, 0) is 21.7 Å². The van der Waals surface area contributed by atoms with Gasteiger partial charge in [0.25, 0.3) is 5.91 Å². The first-order chi connectivity index (χ1) is 18.4. The maximum absolute atomic E-state index is 15.4. The molecular formula is C25H22F3N5O5S. The van der Waals surface area contributed by atoms with E-state index in [1.807, 2.05) is 0 Å². The van der Waals surface area contributed by atoms with E-state index in [0.717, 1.165) is 0 Å². The number of hydrogen-bond donors (Lipinski definition) is 3. The van der Waals surface area contributed by atoms with Crippen molar-refractivity contribution in [2.24, 2.45) is 0 Å². The molecule has 3 heterocycles. The zero-order valence-corrected chi connectivity index (χ0v) is 21.5. The summed E-state index contributed by atoms with van der Waals surface area (Å²) >= 11 is 1.18. The summed E-state index contributed by atoms with van der Waals surface area (Å²) in [4.78, 5) is 54.9. The third-order valence-corrected chi connectivity index (χ3v) is 7.80. The first-order valence-corrected chi connectivity index (χ1v) is 12.7. The number of para-hydroxylation sites is 1. The number of halogens is 3. The fraction of sp³-hybridized carbons (Fsp3) is 0.320. The Hall–Kier alpha value is -4.20. The predicted octanol–water partition coefficient (Wildman–Crippen LogP) is 3.85. The van der Waals surface area contributed by atoms with E-state index < -0.39 is 47.8 Å². The number of piperidine rings is 1. The normalized spacial score (nSPS) is 17.4. The molecule has 1 atom stereocenters. The standard InChI is InChI=1S/C25H22F3N5O5S/c1-25(2,22-31-19-15(38-23(27)28)4-3-5-16(19)39-22)32-24(37)29-13-7-6-11-12(18(13)26)10-33(21(11)36)14-8-9-17(34)30-20(14)35/h3-7,14,23H,8-10H2,1-2H3,(H2,29,32,37)(H,30,34,35). The molecule has 1 aromatic heterocycles. The molecule has 5 amide bonds. The van der Waals surface area contributed by atoms with Crippen LogP contribution >= 0.6 is 11.3 Å². The minimum atomic E-state index is -3.02. The monoisotopic (exact) mass is 561 g/mol. The van der Waals surface area contributed by atoms with Gasteiger partial charge in [0.1, 0.15) is 16.6 Å². The lowest BCUT2D eigenvalue weighted by Crippen LogP contribution is -2.52. The zero-order valence-electron chi connectivity index (χ0n) is 20.6. The van der Waals surface area contributed by atoms with Crippen molar-refractivity contribution in [3.05, 3.63) is 52.3 Å². The van der Waals surface area contributed by atoms with Crippen molar-refractivity contribution >= 4 is 51.0 Å². The molecule has 2 aliphatic heterocycles. The van der Waals surface area contributed by atoms with Gasteiger partial charge in [0.2, 0.25) is 11.8 Å². The van der Waals surface area contributed by atoms with Crippen LogP contribution in [-0.4, -0.2) is 46.3 Å². The second-order valence-electron chi connectivity index (χ2n) is 9.56. The van der Waals surface area contributed by atoms with Crippen LogP contribution in [0.2, 0.25) is 0 Å². The van der Waals surface area contributed by atoms with Gasteiger partial charge in [-0.15, -0.1) is 11.3 Å². The summed E-state index contributed by atoms with van der Waals surface area (Å²) in [5.74, 6) is -2.50. The minimum Gasteiger partial charge on any atom is -0.432 e. The Morgan fingerprint density at radius 3 is 2.72 bits per heavy atom. The van der Waals surface area contributed by atoms with Gasteiger partial charge < -0.3 is 20.3 Å². The third kappa shape index (κ3) is 4.99. The van der Waals surface area contributed by atoms with Crippen LogP contribution in [0.25, 0.3) is 10.2 Å². The molecule has 0 radical (unpaired) electrons. The quantitative estimate of drug-likeness (QED) is 0.392. The number of anilines is 1. The fourth-order valence-corrected chi connectivity index (χ4v) is 5.61. The van der Waals surface area contributed by atoms with Crippen LogP contribution in [0.15, 0.2) is 30.3 Å². The number of aromatic nitrogens is 1. The van der Waals surface area contributed by atoms with Gasteiger partial charge in [0.15, 0.2) is 11.6 Å². The lowest BCUT2D eigenvalue weighted by Gasteiger charge is -2.29. The molecule has 1 unspecified atom stereocenters. The number of rotatable bonds is 6. The van der Waals surface area contributed by atoms with Crippen LogP contribution in [0.4, 0.5) is 23.7 Å². The smallest absolute Gasteiger partial charge is 0.387 e. The van der Waals surface area contributed by atoms with E-state index in [9.17, 15) is 28.0 Å². The topological polar surface area (TPSA) is 130 Å². The Morgan fingerprint density at radius 2 is 2.00 bits per heavy atom. The number of nitrogens with one attached hydrogen (secondary N) is 3. The average Bonchev–Trinajstić information content (AvgIpc) is 3.44. The Labute approximate surface area is 223 Å².